The molecule has 0 spiro atoms. The van der Waals surface area contributed by atoms with Crippen molar-refractivity contribution in [3.05, 3.63) is 125 Å². The van der Waals surface area contributed by atoms with Gasteiger partial charge in [-0.05, 0) is 147 Å². The minimum absolute atomic E-state index is 0.00664. The highest BCUT2D eigenvalue weighted by atomic mass is 31.2. The van der Waals surface area contributed by atoms with E-state index in [0.29, 0.717) is 63.2 Å². The van der Waals surface area contributed by atoms with Crippen LogP contribution in [0.3, 0.4) is 0 Å². The maximum absolute atomic E-state index is 11.8. The summed E-state index contributed by atoms with van der Waals surface area (Å²) in [5, 5.41) is 24.6. The molecule has 0 saturated heterocycles. The van der Waals surface area contributed by atoms with Crippen LogP contribution in [0.1, 0.15) is 87.1 Å². The first-order valence-corrected chi connectivity index (χ1v) is 24.7. The number of methoxy groups -OCH3 is 3. The SMILES string of the molecule is CCCCc1cc(OC)cc(-c2cc(O)cc(O)c2OP(Oc2cccc(C)c2)Oc2cccc(C)c2)c1Op1oc2c(CCCC)cc(OC)cc2c2cc(OC)cc(CCCC)c2o1. The fourth-order valence-electron chi connectivity index (χ4n) is 7.74. The lowest BCUT2D eigenvalue weighted by atomic mass is 9.97. The molecule has 13 heteroatoms. The summed E-state index contributed by atoms with van der Waals surface area (Å²) in [7, 11) is 0.426. The Morgan fingerprint density at radius 1 is 0.515 bits per heavy atom. The number of fused-ring (bicyclic) bond motifs is 3. The molecule has 66 heavy (non-hydrogen) atoms. The number of unbranched alkanes of at least 4 members (excludes halogenated alkanes) is 3. The molecule has 2 N–H and O–H groups in total. The average Bonchev–Trinajstić information content (AvgIpc) is 3.46. The molecule has 0 amide bonds. The maximum Gasteiger partial charge on any atom is 0.530 e. The molecule has 7 rings (SSSR count). The van der Waals surface area contributed by atoms with Gasteiger partial charge in [0.25, 0.3) is 0 Å². The van der Waals surface area contributed by atoms with Crippen LogP contribution in [-0.2, 0) is 19.3 Å². The number of phenolic OH excluding ortho intramolecular Hbond substituents is 2. The molecule has 0 saturated carbocycles. The minimum Gasteiger partial charge on any atom is -0.508 e. The van der Waals surface area contributed by atoms with Crippen LogP contribution in [-0.4, -0.2) is 31.5 Å². The zero-order chi connectivity index (χ0) is 46.7. The van der Waals surface area contributed by atoms with Crippen LogP contribution in [0.25, 0.3) is 33.1 Å². The number of rotatable bonds is 21. The van der Waals surface area contributed by atoms with E-state index in [-0.39, 0.29) is 17.2 Å². The van der Waals surface area contributed by atoms with Crippen molar-refractivity contribution >= 4 is 38.8 Å². The Morgan fingerprint density at radius 3 is 1.47 bits per heavy atom. The number of ether oxygens (including phenoxy) is 3. The number of phenols is 2. The van der Waals surface area contributed by atoms with Gasteiger partial charge < -0.3 is 50.9 Å². The fraction of sp³-hybridized carbons (Fsp3) is 0.321. The normalized spacial score (nSPS) is 11.2. The highest BCUT2D eigenvalue weighted by Crippen LogP contribution is 2.54. The van der Waals surface area contributed by atoms with E-state index in [1.807, 2.05) is 92.7 Å². The first-order valence-electron chi connectivity index (χ1n) is 22.5. The highest BCUT2D eigenvalue weighted by molar-refractivity contribution is 7.43. The average molecular weight is 935 g/mol. The minimum atomic E-state index is -2.27. The third-order valence-electron chi connectivity index (χ3n) is 11.2. The molecule has 348 valence electrons. The lowest BCUT2D eigenvalue weighted by Crippen LogP contribution is -2.04. The van der Waals surface area contributed by atoms with Crippen LogP contribution >= 0.6 is 16.8 Å². The summed E-state index contributed by atoms with van der Waals surface area (Å²) in [5.74, 6) is 2.81. The molecule has 11 nitrogen and oxygen atoms in total. The molecule has 0 fully saturated rings. The van der Waals surface area contributed by atoms with Crippen LogP contribution in [0.4, 0.5) is 0 Å². The number of aryl methyl sites for hydroxylation is 5. The molecule has 0 radical (unpaired) electrons. The molecule has 1 heterocycles. The topological polar surface area (TPSA) is 131 Å². The second-order valence-corrected chi connectivity index (χ2v) is 18.3. The van der Waals surface area contributed by atoms with Crippen molar-refractivity contribution in [1.82, 2.24) is 0 Å². The van der Waals surface area contributed by atoms with Gasteiger partial charge >= 0.3 is 16.8 Å². The Labute approximate surface area is 389 Å². The van der Waals surface area contributed by atoms with Gasteiger partial charge in [0.1, 0.15) is 51.4 Å². The Morgan fingerprint density at radius 2 is 0.985 bits per heavy atom. The molecule has 0 atom stereocenters. The highest BCUT2D eigenvalue weighted by Gasteiger charge is 2.29. The van der Waals surface area contributed by atoms with E-state index in [1.54, 1.807) is 27.4 Å². The van der Waals surface area contributed by atoms with Crippen molar-refractivity contribution in [2.24, 2.45) is 0 Å². The van der Waals surface area contributed by atoms with E-state index >= 15 is 0 Å². The summed E-state index contributed by atoms with van der Waals surface area (Å²) in [5.41, 5.74) is 6.70. The van der Waals surface area contributed by atoms with E-state index < -0.39 is 16.8 Å². The van der Waals surface area contributed by atoms with Gasteiger partial charge in [0.15, 0.2) is 11.5 Å². The maximum atomic E-state index is 11.8. The monoisotopic (exact) mass is 934 g/mol. The third-order valence-corrected chi connectivity index (χ3v) is 13.2. The third kappa shape index (κ3) is 11.4. The molecule has 0 aliphatic rings. The van der Waals surface area contributed by atoms with E-state index in [1.165, 1.54) is 12.1 Å². The lowest BCUT2D eigenvalue weighted by molar-refractivity contribution is 0.370. The second kappa shape index (κ2) is 22.4. The summed E-state index contributed by atoms with van der Waals surface area (Å²) in [6.45, 7) is 10.4. The Hall–Kier alpha value is -6.15. The smallest absolute Gasteiger partial charge is 0.508 e. The van der Waals surface area contributed by atoms with Crippen LogP contribution < -0.4 is 32.3 Å². The first kappa shape index (κ1) is 47.8. The van der Waals surface area contributed by atoms with Crippen LogP contribution in [0.2, 0.25) is 0 Å². The number of aromatic hydroxyl groups is 2. The molecule has 0 aliphatic heterocycles. The van der Waals surface area contributed by atoms with E-state index in [0.717, 1.165) is 90.0 Å². The quantitative estimate of drug-likeness (QED) is 0.0668. The molecule has 7 aromatic rings. The summed E-state index contributed by atoms with van der Waals surface area (Å²) >= 11 is 0. The summed E-state index contributed by atoms with van der Waals surface area (Å²) in [6.07, 6.45) is 7.60. The zero-order valence-corrected chi connectivity index (χ0v) is 40.9. The van der Waals surface area contributed by atoms with E-state index in [4.69, 9.17) is 40.7 Å². The van der Waals surface area contributed by atoms with E-state index in [2.05, 4.69) is 20.8 Å². The van der Waals surface area contributed by atoms with Gasteiger partial charge in [-0.1, -0.05) is 64.3 Å². The summed E-state index contributed by atoms with van der Waals surface area (Å²) in [4.78, 5) is 0. The zero-order valence-electron chi connectivity index (χ0n) is 39.1. The first-order chi connectivity index (χ1) is 32.0. The largest absolute Gasteiger partial charge is 0.530 e. The van der Waals surface area contributed by atoms with Crippen LogP contribution in [0.15, 0.2) is 105 Å². The Balaban J connectivity index is 1.48. The molecular weight excluding hydrogens is 875 g/mol. The standard InChI is InChI=1S/C53H60O11P2/c1-9-12-19-36-26-42(56-6)31-46(45-29-39(54)30-49(55)53(45)64-65(59-40-22-15-17-34(4)24-40)60-41-23-16-18-35(5)25-41)50(36)61-66-62-51-37(20-13-10-2)27-43(57-7)32-47(51)48-33-44(58-8)28-38(21-14-11-3)52(48)63-66/h15-18,22-33,54-55H,9-14,19-21H2,1-8H3. The van der Waals surface area contributed by atoms with Gasteiger partial charge in [-0.15, -0.1) is 0 Å². The van der Waals surface area contributed by atoms with Crippen molar-refractivity contribution in [2.45, 2.75) is 92.4 Å². The lowest BCUT2D eigenvalue weighted by Gasteiger charge is -2.22. The second-order valence-electron chi connectivity index (χ2n) is 16.3. The predicted octanol–water partition coefficient (Wildman–Crippen LogP) is 15.6. The van der Waals surface area contributed by atoms with Gasteiger partial charge in [0.2, 0.25) is 0 Å². The van der Waals surface area contributed by atoms with Crippen molar-refractivity contribution in [3.8, 4) is 62.9 Å². The van der Waals surface area contributed by atoms with Crippen molar-refractivity contribution in [2.75, 3.05) is 21.3 Å². The molecule has 1 aromatic heterocycles. The van der Waals surface area contributed by atoms with Crippen LogP contribution in [0, 0.1) is 13.8 Å². The van der Waals surface area contributed by atoms with Gasteiger partial charge in [0.05, 0.1) is 21.3 Å². The number of hydrogen-bond donors (Lipinski definition) is 2. The molecule has 0 unspecified atom stereocenters. The van der Waals surface area contributed by atoms with Gasteiger partial charge in [-0.25, -0.2) is 0 Å². The van der Waals surface area contributed by atoms with Gasteiger partial charge in [-0.3, -0.25) is 0 Å². The Bertz CT molecular complexity index is 2690. The molecule has 0 bridgehead atoms. The fourth-order valence-corrected chi connectivity index (χ4v) is 9.97. The van der Waals surface area contributed by atoms with Crippen molar-refractivity contribution < 1.29 is 50.9 Å². The Kier molecular flexibility index (Phi) is 16.2. The summed E-state index contributed by atoms with van der Waals surface area (Å²) < 4.78 is 58.4. The summed E-state index contributed by atoms with van der Waals surface area (Å²) in [6, 6.07) is 29.6. The van der Waals surface area contributed by atoms with Crippen molar-refractivity contribution in [1.29, 1.82) is 0 Å². The molecular formula is C53H60O11P2. The number of benzene rings is 6. The predicted molar refractivity (Wildman–Crippen MR) is 264 cm³/mol. The van der Waals surface area contributed by atoms with Gasteiger partial charge in [-0.2, -0.15) is 0 Å². The van der Waals surface area contributed by atoms with Gasteiger partial charge in [0, 0.05) is 28.0 Å². The number of hydrogen-bond acceptors (Lipinski definition) is 11. The van der Waals surface area contributed by atoms with E-state index in [9.17, 15) is 10.2 Å². The van der Waals surface area contributed by atoms with Crippen LogP contribution in [0.5, 0.6) is 51.7 Å². The van der Waals surface area contributed by atoms with Crippen molar-refractivity contribution in [3.63, 3.8) is 0 Å². The molecule has 6 aromatic carbocycles. The molecule has 0 aliphatic carbocycles.